The molecule has 142 valence electrons. The monoisotopic (exact) mass is 412 g/mol. The number of carbonyl (C=O) groups is 1. The Morgan fingerprint density at radius 1 is 1.11 bits per heavy atom. The van der Waals surface area contributed by atoms with Gasteiger partial charge in [0.1, 0.15) is 5.76 Å². The number of fused-ring (bicyclic) bond motifs is 1. The zero-order chi connectivity index (χ0) is 19.7. The molecule has 0 radical (unpaired) electrons. The van der Waals surface area contributed by atoms with Gasteiger partial charge in [-0.3, -0.25) is 4.79 Å². The minimum absolute atomic E-state index is 0.108. The van der Waals surface area contributed by atoms with E-state index < -0.39 is 9.84 Å². The summed E-state index contributed by atoms with van der Waals surface area (Å²) < 4.78 is 30.2. The number of amides is 1. The van der Waals surface area contributed by atoms with E-state index in [-0.39, 0.29) is 22.9 Å². The number of carbonyl (C=O) groups excluding carboxylic acids is 1. The lowest BCUT2D eigenvalue weighted by molar-refractivity contribution is 0.0948. The Morgan fingerprint density at radius 3 is 2.71 bits per heavy atom. The smallest absolute Gasteiger partial charge is 0.251 e. The quantitative estimate of drug-likeness (QED) is 0.537. The average Bonchev–Trinajstić information content (AvgIpc) is 3.32. The number of nitrogens with zero attached hydrogens (tertiary/aromatic N) is 1. The number of aromatic nitrogens is 1. The second kappa shape index (κ2) is 7.21. The predicted octanol–water partition coefficient (Wildman–Crippen LogP) is 3.89. The first-order chi connectivity index (χ1) is 13.4. The highest BCUT2D eigenvalue weighted by atomic mass is 32.2. The van der Waals surface area contributed by atoms with Crippen molar-refractivity contribution < 1.29 is 17.6 Å². The summed E-state index contributed by atoms with van der Waals surface area (Å²) in [4.78, 5) is 17.0. The van der Waals surface area contributed by atoms with Crippen molar-refractivity contribution in [3.05, 3.63) is 72.0 Å². The SMILES string of the molecule is CS(=O)(=O)c1cccc(C(=O)NCc2ccc(-c3nc4ccccc4s3)o2)c1. The molecule has 4 aromatic rings. The molecule has 28 heavy (non-hydrogen) atoms. The summed E-state index contributed by atoms with van der Waals surface area (Å²) in [6.45, 7) is 0.187. The molecular formula is C20H16N2O4S2. The Bertz CT molecular complexity index is 1240. The maximum atomic E-state index is 12.3. The number of benzene rings is 2. The summed E-state index contributed by atoms with van der Waals surface area (Å²) in [7, 11) is -3.37. The highest BCUT2D eigenvalue weighted by Gasteiger charge is 2.13. The summed E-state index contributed by atoms with van der Waals surface area (Å²) in [5.74, 6) is 0.856. The molecule has 0 fully saturated rings. The van der Waals surface area contributed by atoms with E-state index in [1.165, 1.54) is 23.5 Å². The zero-order valence-corrected chi connectivity index (χ0v) is 16.5. The van der Waals surface area contributed by atoms with Gasteiger partial charge in [0.2, 0.25) is 0 Å². The molecule has 0 unspecified atom stereocenters. The fourth-order valence-corrected chi connectivity index (χ4v) is 4.30. The molecule has 0 saturated heterocycles. The minimum Gasteiger partial charge on any atom is -0.457 e. The van der Waals surface area contributed by atoms with Crippen LogP contribution in [0.3, 0.4) is 0 Å². The van der Waals surface area contributed by atoms with Gasteiger partial charge in [0, 0.05) is 11.8 Å². The van der Waals surface area contributed by atoms with Gasteiger partial charge in [0.25, 0.3) is 5.91 Å². The molecule has 0 aliphatic rings. The van der Waals surface area contributed by atoms with Crippen molar-refractivity contribution in [2.75, 3.05) is 6.26 Å². The predicted molar refractivity (Wildman–Crippen MR) is 108 cm³/mol. The number of nitrogens with one attached hydrogen (secondary N) is 1. The number of hydrogen-bond acceptors (Lipinski definition) is 6. The van der Waals surface area contributed by atoms with E-state index in [0.29, 0.717) is 11.5 Å². The molecule has 0 saturated carbocycles. The van der Waals surface area contributed by atoms with Crippen LogP contribution in [-0.4, -0.2) is 25.6 Å². The average molecular weight is 412 g/mol. The van der Waals surface area contributed by atoms with Gasteiger partial charge in [-0.1, -0.05) is 18.2 Å². The van der Waals surface area contributed by atoms with Gasteiger partial charge in [-0.05, 0) is 42.5 Å². The van der Waals surface area contributed by atoms with Gasteiger partial charge >= 0.3 is 0 Å². The molecule has 0 spiro atoms. The lowest BCUT2D eigenvalue weighted by Gasteiger charge is -2.05. The van der Waals surface area contributed by atoms with Crippen molar-refractivity contribution in [2.24, 2.45) is 0 Å². The number of thiazole rings is 1. The van der Waals surface area contributed by atoms with Crippen LogP contribution in [0.1, 0.15) is 16.1 Å². The van der Waals surface area contributed by atoms with E-state index in [1.807, 2.05) is 30.3 Å². The van der Waals surface area contributed by atoms with Crippen LogP contribution in [0.5, 0.6) is 0 Å². The van der Waals surface area contributed by atoms with Crippen molar-refractivity contribution in [3.63, 3.8) is 0 Å². The molecule has 2 heterocycles. The number of furan rings is 1. The number of para-hydroxylation sites is 1. The van der Waals surface area contributed by atoms with Crippen LogP contribution in [0, 0.1) is 0 Å². The van der Waals surface area contributed by atoms with Crippen LogP contribution in [0.4, 0.5) is 0 Å². The van der Waals surface area contributed by atoms with Crippen LogP contribution >= 0.6 is 11.3 Å². The molecule has 0 bridgehead atoms. The van der Waals surface area contributed by atoms with E-state index in [9.17, 15) is 13.2 Å². The third-order valence-electron chi connectivity index (χ3n) is 4.11. The molecule has 8 heteroatoms. The van der Waals surface area contributed by atoms with E-state index in [0.717, 1.165) is 21.5 Å². The van der Waals surface area contributed by atoms with Gasteiger partial charge < -0.3 is 9.73 Å². The topological polar surface area (TPSA) is 89.3 Å². The summed E-state index contributed by atoms with van der Waals surface area (Å²) >= 11 is 1.54. The number of hydrogen-bond donors (Lipinski definition) is 1. The third kappa shape index (κ3) is 3.83. The first-order valence-electron chi connectivity index (χ1n) is 8.43. The Kier molecular flexibility index (Phi) is 4.74. The fourth-order valence-electron chi connectivity index (χ4n) is 2.70. The highest BCUT2D eigenvalue weighted by molar-refractivity contribution is 7.90. The van der Waals surface area contributed by atoms with E-state index in [2.05, 4.69) is 10.3 Å². The zero-order valence-electron chi connectivity index (χ0n) is 14.9. The van der Waals surface area contributed by atoms with Crippen LogP contribution < -0.4 is 5.32 Å². The lowest BCUT2D eigenvalue weighted by Crippen LogP contribution is -2.22. The van der Waals surface area contributed by atoms with E-state index in [1.54, 1.807) is 18.2 Å². The maximum absolute atomic E-state index is 12.3. The first-order valence-corrected chi connectivity index (χ1v) is 11.1. The lowest BCUT2D eigenvalue weighted by atomic mass is 10.2. The second-order valence-corrected chi connectivity index (χ2v) is 9.28. The molecule has 1 amide bonds. The first kappa shape index (κ1) is 18.4. The highest BCUT2D eigenvalue weighted by Crippen LogP contribution is 2.31. The Labute approximate surface area is 165 Å². The van der Waals surface area contributed by atoms with Gasteiger partial charge in [0.05, 0.1) is 21.7 Å². The summed E-state index contributed by atoms with van der Waals surface area (Å²) in [6, 6.07) is 17.4. The largest absolute Gasteiger partial charge is 0.457 e. The van der Waals surface area contributed by atoms with Crippen LogP contribution in [0.15, 0.2) is 70.0 Å². The standard InChI is InChI=1S/C20H16N2O4S2/c1-28(24,25)15-6-4-5-13(11-15)19(23)21-12-14-9-10-17(26-14)20-22-16-7-2-3-8-18(16)27-20/h2-11H,12H2,1H3,(H,21,23). The summed E-state index contributed by atoms with van der Waals surface area (Å²) in [6.07, 6.45) is 1.11. The number of sulfone groups is 1. The fraction of sp³-hybridized carbons (Fsp3) is 0.100. The van der Waals surface area contributed by atoms with Crippen molar-refractivity contribution in [1.82, 2.24) is 10.3 Å². The molecule has 0 atom stereocenters. The molecule has 6 nitrogen and oxygen atoms in total. The van der Waals surface area contributed by atoms with Crippen molar-refractivity contribution in [3.8, 4) is 10.8 Å². The maximum Gasteiger partial charge on any atom is 0.251 e. The van der Waals surface area contributed by atoms with Crippen LogP contribution in [-0.2, 0) is 16.4 Å². The molecule has 4 rings (SSSR count). The van der Waals surface area contributed by atoms with Gasteiger partial charge in [0.15, 0.2) is 20.6 Å². The normalized spacial score (nSPS) is 11.6. The molecule has 2 aromatic carbocycles. The van der Waals surface area contributed by atoms with Gasteiger partial charge in [-0.2, -0.15) is 0 Å². The van der Waals surface area contributed by atoms with Gasteiger partial charge in [-0.15, -0.1) is 11.3 Å². The van der Waals surface area contributed by atoms with Crippen LogP contribution in [0.25, 0.3) is 21.0 Å². The van der Waals surface area contributed by atoms with Crippen molar-refractivity contribution in [2.45, 2.75) is 11.4 Å². The van der Waals surface area contributed by atoms with Gasteiger partial charge in [-0.25, -0.2) is 13.4 Å². The molecular weight excluding hydrogens is 396 g/mol. The minimum atomic E-state index is -3.37. The third-order valence-corrected chi connectivity index (χ3v) is 6.28. The Balaban J connectivity index is 1.47. The van der Waals surface area contributed by atoms with Crippen molar-refractivity contribution >= 4 is 37.3 Å². The summed E-state index contributed by atoms with van der Waals surface area (Å²) in [5, 5.41) is 3.52. The molecule has 1 N–H and O–H groups in total. The number of rotatable bonds is 5. The molecule has 0 aliphatic carbocycles. The molecule has 2 aromatic heterocycles. The van der Waals surface area contributed by atoms with E-state index in [4.69, 9.17) is 4.42 Å². The van der Waals surface area contributed by atoms with Crippen LogP contribution in [0.2, 0.25) is 0 Å². The molecule has 0 aliphatic heterocycles. The summed E-state index contributed by atoms with van der Waals surface area (Å²) in [5.41, 5.74) is 1.19. The second-order valence-electron chi connectivity index (χ2n) is 6.24. The Hall–Kier alpha value is -2.97. The van der Waals surface area contributed by atoms with E-state index >= 15 is 0 Å². The van der Waals surface area contributed by atoms with Crippen molar-refractivity contribution in [1.29, 1.82) is 0 Å². The Morgan fingerprint density at radius 2 is 1.93 bits per heavy atom.